The molecule has 1 aliphatic heterocycles. The summed E-state index contributed by atoms with van der Waals surface area (Å²) in [6.45, 7) is 3.79. The van der Waals surface area contributed by atoms with E-state index in [-0.39, 0.29) is 0 Å². The molecule has 0 saturated carbocycles. The van der Waals surface area contributed by atoms with Crippen LogP contribution < -0.4 is 5.32 Å². The molecule has 1 aromatic rings. The molecule has 1 N–H and O–H groups in total. The van der Waals surface area contributed by atoms with Crippen molar-refractivity contribution in [2.24, 2.45) is 0 Å². The van der Waals surface area contributed by atoms with Crippen molar-refractivity contribution in [1.82, 2.24) is 9.97 Å². The van der Waals surface area contributed by atoms with Crippen LogP contribution in [0.15, 0.2) is 12.4 Å². The molecule has 0 spiro atoms. The summed E-state index contributed by atoms with van der Waals surface area (Å²) in [6.07, 6.45) is 4.82. The van der Waals surface area contributed by atoms with Crippen molar-refractivity contribution in [3.63, 3.8) is 0 Å². The van der Waals surface area contributed by atoms with Crippen LogP contribution in [0, 0.1) is 0 Å². The van der Waals surface area contributed by atoms with Crippen LogP contribution in [0.25, 0.3) is 0 Å². The Morgan fingerprint density at radius 2 is 2.47 bits per heavy atom. The van der Waals surface area contributed by atoms with Crippen LogP contribution in [0.5, 0.6) is 0 Å². The third-order valence-electron chi connectivity index (χ3n) is 2.51. The summed E-state index contributed by atoms with van der Waals surface area (Å²) in [4.78, 5) is 8.43. The Morgan fingerprint density at radius 3 is 3.20 bits per heavy atom. The largest absolute Gasteiger partial charge is 0.379 e. The van der Waals surface area contributed by atoms with Crippen LogP contribution in [0.4, 0.5) is 5.82 Å². The first kappa shape index (κ1) is 10.4. The van der Waals surface area contributed by atoms with E-state index in [4.69, 9.17) is 4.74 Å². The molecule has 1 atom stereocenters. The van der Waals surface area contributed by atoms with Gasteiger partial charge in [0.2, 0.25) is 0 Å². The zero-order valence-electron chi connectivity index (χ0n) is 9.07. The third-order valence-corrected chi connectivity index (χ3v) is 2.51. The fraction of sp³-hybridized carbons (Fsp3) is 0.636. The zero-order valence-corrected chi connectivity index (χ0v) is 9.07. The molecular weight excluding hydrogens is 190 g/mol. The Balaban J connectivity index is 1.97. The summed E-state index contributed by atoms with van der Waals surface area (Å²) < 4.78 is 5.30. The molecule has 0 amide bonds. The van der Waals surface area contributed by atoms with E-state index in [0.29, 0.717) is 6.04 Å². The fourth-order valence-corrected chi connectivity index (χ4v) is 1.73. The van der Waals surface area contributed by atoms with Crippen LogP contribution in [0.3, 0.4) is 0 Å². The molecule has 0 radical (unpaired) electrons. The summed E-state index contributed by atoms with van der Waals surface area (Å²) in [5.74, 6) is 0.920. The number of hydrogen-bond donors (Lipinski definition) is 1. The van der Waals surface area contributed by atoms with Gasteiger partial charge in [0.25, 0.3) is 0 Å². The van der Waals surface area contributed by atoms with Crippen molar-refractivity contribution in [2.45, 2.75) is 32.2 Å². The monoisotopic (exact) mass is 207 g/mol. The maximum Gasteiger partial charge on any atom is 0.129 e. The van der Waals surface area contributed by atoms with Gasteiger partial charge in [-0.3, -0.25) is 0 Å². The highest BCUT2D eigenvalue weighted by atomic mass is 16.5. The van der Waals surface area contributed by atoms with Crippen molar-refractivity contribution in [1.29, 1.82) is 0 Å². The van der Waals surface area contributed by atoms with Crippen molar-refractivity contribution < 1.29 is 4.74 Å². The molecule has 0 bridgehead atoms. The average Bonchev–Trinajstić information content (AvgIpc) is 2.71. The lowest BCUT2D eigenvalue weighted by Gasteiger charge is -2.11. The predicted octanol–water partition coefficient (Wildman–Crippen LogP) is 1.63. The summed E-state index contributed by atoms with van der Waals surface area (Å²) in [5.41, 5.74) is 1.11. The maximum absolute atomic E-state index is 5.30. The molecule has 2 heterocycles. The van der Waals surface area contributed by atoms with Crippen molar-refractivity contribution in [2.75, 3.05) is 18.5 Å². The van der Waals surface area contributed by atoms with Gasteiger partial charge in [-0.05, 0) is 12.8 Å². The first-order valence-corrected chi connectivity index (χ1v) is 5.53. The first-order chi connectivity index (χ1) is 7.38. The van der Waals surface area contributed by atoms with E-state index in [1.54, 1.807) is 6.33 Å². The highest BCUT2D eigenvalue weighted by molar-refractivity contribution is 5.36. The molecule has 4 heteroatoms. The minimum absolute atomic E-state index is 0.411. The van der Waals surface area contributed by atoms with Crippen LogP contribution in [0.1, 0.15) is 25.5 Å². The van der Waals surface area contributed by atoms with Gasteiger partial charge in [0.15, 0.2) is 0 Å². The lowest BCUT2D eigenvalue weighted by atomic mass is 10.2. The van der Waals surface area contributed by atoms with Crippen molar-refractivity contribution in [3.8, 4) is 0 Å². The normalized spacial score (nSPS) is 20.5. The van der Waals surface area contributed by atoms with Gasteiger partial charge in [0.1, 0.15) is 12.1 Å². The van der Waals surface area contributed by atoms with E-state index in [2.05, 4.69) is 22.2 Å². The number of ether oxygens (including phenoxy) is 1. The van der Waals surface area contributed by atoms with Crippen LogP contribution >= 0.6 is 0 Å². The average molecular weight is 207 g/mol. The second-order valence-electron chi connectivity index (χ2n) is 3.85. The zero-order chi connectivity index (χ0) is 10.5. The standard InChI is InChI=1S/C11H17N3O/c1-2-3-9-6-11(13-8-12-9)14-10-4-5-15-7-10/h6,8,10H,2-5,7H2,1H3,(H,12,13,14). The number of hydrogen-bond acceptors (Lipinski definition) is 4. The highest BCUT2D eigenvalue weighted by Gasteiger charge is 2.15. The van der Waals surface area contributed by atoms with Crippen LogP contribution in [0.2, 0.25) is 0 Å². The minimum Gasteiger partial charge on any atom is -0.379 e. The second kappa shape index (κ2) is 5.07. The summed E-state index contributed by atoms with van der Waals surface area (Å²) in [5, 5.41) is 3.36. The number of nitrogens with zero attached hydrogens (tertiary/aromatic N) is 2. The van der Waals surface area contributed by atoms with Gasteiger partial charge in [-0.15, -0.1) is 0 Å². The SMILES string of the molecule is CCCc1cc(NC2CCOC2)ncn1. The first-order valence-electron chi connectivity index (χ1n) is 5.53. The Hall–Kier alpha value is -1.16. The molecule has 1 aliphatic rings. The van der Waals surface area contributed by atoms with Gasteiger partial charge in [-0.25, -0.2) is 9.97 Å². The molecule has 1 aromatic heterocycles. The summed E-state index contributed by atoms with van der Waals surface area (Å²) >= 11 is 0. The van der Waals surface area contributed by atoms with Crippen LogP contribution in [-0.4, -0.2) is 29.2 Å². The van der Waals surface area contributed by atoms with Gasteiger partial charge in [0, 0.05) is 18.4 Å². The van der Waals surface area contributed by atoms with Gasteiger partial charge in [-0.1, -0.05) is 13.3 Å². The molecule has 15 heavy (non-hydrogen) atoms. The molecule has 0 aromatic carbocycles. The fourth-order valence-electron chi connectivity index (χ4n) is 1.73. The van der Waals surface area contributed by atoms with Crippen LogP contribution in [-0.2, 0) is 11.2 Å². The van der Waals surface area contributed by atoms with E-state index in [9.17, 15) is 0 Å². The second-order valence-corrected chi connectivity index (χ2v) is 3.85. The summed E-state index contributed by atoms with van der Waals surface area (Å²) in [7, 11) is 0. The van der Waals surface area contributed by atoms with E-state index in [1.165, 1.54) is 0 Å². The molecule has 4 nitrogen and oxygen atoms in total. The minimum atomic E-state index is 0.411. The topological polar surface area (TPSA) is 47.0 Å². The Bertz CT molecular complexity index is 310. The lowest BCUT2D eigenvalue weighted by Crippen LogP contribution is -2.19. The van der Waals surface area contributed by atoms with E-state index < -0.39 is 0 Å². The number of nitrogens with one attached hydrogen (secondary N) is 1. The number of aryl methyl sites for hydroxylation is 1. The number of rotatable bonds is 4. The quantitative estimate of drug-likeness (QED) is 0.815. The molecule has 1 unspecified atom stereocenters. The molecule has 1 saturated heterocycles. The molecule has 2 rings (SSSR count). The molecular formula is C11H17N3O. The molecule has 0 aliphatic carbocycles. The van der Waals surface area contributed by atoms with Gasteiger partial charge in [-0.2, -0.15) is 0 Å². The molecule has 82 valence electrons. The number of anilines is 1. The van der Waals surface area contributed by atoms with Gasteiger partial charge in [0.05, 0.1) is 12.6 Å². The van der Waals surface area contributed by atoms with E-state index in [1.807, 2.05) is 6.07 Å². The Labute approximate surface area is 90.1 Å². The maximum atomic E-state index is 5.30. The number of aromatic nitrogens is 2. The Morgan fingerprint density at radius 1 is 1.53 bits per heavy atom. The molecule has 1 fully saturated rings. The Kier molecular flexibility index (Phi) is 3.50. The van der Waals surface area contributed by atoms with Crippen molar-refractivity contribution >= 4 is 5.82 Å². The third kappa shape index (κ3) is 2.89. The highest BCUT2D eigenvalue weighted by Crippen LogP contribution is 2.12. The van der Waals surface area contributed by atoms with Gasteiger partial charge >= 0.3 is 0 Å². The summed E-state index contributed by atoms with van der Waals surface area (Å²) in [6, 6.07) is 2.44. The van der Waals surface area contributed by atoms with Gasteiger partial charge < -0.3 is 10.1 Å². The van der Waals surface area contributed by atoms with E-state index in [0.717, 1.165) is 44.0 Å². The lowest BCUT2D eigenvalue weighted by molar-refractivity contribution is 0.195. The predicted molar refractivity (Wildman–Crippen MR) is 58.9 cm³/mol. The van der Waals surface area contributed by atoms with Crippen molar-refractivity contribution in [3.05, 3.63) is 18.1 Å². The smallest absolute Gasteiger partial charge is 0.129 e. The van der Waals surface area contributed by atoms with E-state index >= 15 is 0 Å².